The first-order valence-corrected chi connectivity index (χ1v) is 12.3. The molecular formula is C24H40N4O8. The van der Waals surface area contributed by atoms with Gasteiger partial charge in [-0.3, -0.25) is 14.4 Å². The Labute approximate surface area is 211 Å². The highest BCUT2D eigenvalue weighted by Crippen LogP contribution is 2.17. The molecule has 36 heavy (non-hydrogen) atoms. The Hall–Kier alpha value is -3.15. The van der Waals surface area contributed by atoms with Gasteiger partial charge in [-0.15, -0.1) is 0 Å². The highest BCUT2D eigenvalue weighted by atomic mass is 16.5. The average molecular weight is 513 g/mol. The largest absolute Gasteiger partial charge is 0.463 e. The summed E-state index contributed by atoms with van der Waals surface area (Å²) in [6, 6.07) is -3.01. The average Bonchev–Trinajstić information content (AvgIpc) is 3.19. The third kappa shape index (κ3) is 11.1. The van der Waals surface area contributed by atoms with Gasteiger partial charge in [-0.2, -0.15) is 0 Å². The Morgan fingerprint density at radius 3 is 2.25 bits per heavy atom. The van der Waals surface area contributed by atoms with E-state index < -0.39 is 48.1 Å². The van der Waals surface area contributed by atoms with Gasteiger partial charge in [0.25, 0.3) is 0 Å². The van der Waals surface area contributed by atoms with Crippen LogP contribution >= 0.6 is 0 Å². The molecule has 5 N–H and O–H groups in total. The molecular weight excluding hydrogens is 472 g/mol. The number of hydrogen-bond donors (Lipinski definition) is 5. The summed E-state index contributed by atoms with van der Waals surface area (Å²) >= 11 is 0. The van der Waals surface area contributed by atoms with E-state index in [1.54, 1.807) is 13.8 Å². The van der Waals surface area contributed by atoms with Crippen LogP contribution in [0.1, 0.15) is 53.9 Å². The maximum Gasteiger partial charge on any atom is 0.407 e. The lowest BCUT2D eigenvalue weighted by molar-refractivity contribution is -0.137. The van der Waals surface area contributed by atoms with Crippen molar-refractivity contribution in [3.8, 4) is 0 Å². The fourth-order valence-corrected chi connectivity index (χ4v) is 3.70. The summed E-state index contributed by atoms with van der Waals surface area (Å²) in [7, 11) is 0. The van der Waals surface area contributed by atoms with Crippen LogP contribution in [0.4, 0.5) is 4.79 Å². The second kappa shape index (κ2) is 15.8. The number of ether oxygens (including phenoxy) is 2. The second-order valence-corrected chi connectivity index (χ2v) is 9.01. The summed E-state index contributed by atoms with van der Waals surface area (Å²) in [5, 5.41) is 20.4. The summed E-state index contributed by atoms with van der Waals surface area (Å²) in [5.74, 6) is -2.32. The van der Waals surface area contributed by atoms with Gasteiger partial charge in [-0.05, 0) is 46.0 Å². The number of rotatable bonds is 14. The van der Waals surface area contributed by atoms with Crippen LogP contribution in [0.5, 0.6) is 0 Å². The zero-order chi connectivity index (χ0) is 27.3. The number of aliphatic hydroxyl groups is 1. The zero-order valence-electron chi connectivity index (χ0n) is 21.7. The number of amides is 4. The molecule has 0 spiro atoms. The summed E-state index contributed by atoms with van der Waals surface area (Å²) in [4.78, 5) is 61.7. The molecule has 0 aromatic rings. The standard InChI is InChI=1S/C24H40N4O8/c1-6-35-19(30)9-8-17(13-16-10-11-25-21(16)31)26-22(32)18(12-14(3)4)27-23(33)20(15(5)29)28-24(34)36-7-2/h8-9,14-18,20,29H,6-7,10-13H2,1-5H3,(H,25,31)(H,26,32)(H,27,33)(H,28,34)/b9-8+/t15?,16-,17+,18-,20-/m0/s1. The van der Waals surface area contributed by atoms with Crippen LogP contribution in [0, 0.1) is 11.8 Å². The highest BCUT2D eigenvalue weighted by Gasteiger charge is 2.32. The zero-order valence-corrected chi connectivity index (χ0v) is 21.7. The van der Waals surface area contributed by atoms with Gasteiger partial charge < -0.3 is 35.8 Å². The number of carbonyl (C=O) groups is 5. The molecule has 0 saturated carbocycles. The third-order valence-corrected chi connectivity index (χ3v) is 5.43. The molecule has 0 bridgehead atoms. The van der Waals surface area contributed by atoms with Gasteiger partial charge in [0, 0.05) is 24.6 Å². The van der Waals surface area contributed by atoms with Crippen molar-refractivity contribution >= 4 is 29.8 Å². The van der Waals surface area contributed by atoms with Crippen molar-refractivity contribution in [1.82, 2.24) is 21.3 Å². The molecule has 1 aliphatic heterocycles. The normalized spacial score (nSPS) is 18.6. The van der Waals surface area contributed by atoms with E-state index in [2.05, 4.69) is 21.3 Å². The lowest BCUT2D eigenvalue weighted by Gasteiger charge is -2.27. The van der Waals surface area contributed by atoms with Crippen molar-refractivity contribution < 1.29 is 38.6 Å². The lowest BCUT2D eigenvalue weighted by atomic mass is 9.96. The molecule has 12 nitrogen and oxygen atoms in total. The van der Waals surface area contributed by atoms with Gasteiger partial charge in [0.05, 0.1) is 19.3 Å². The number of alkyl carbamates (subject to hydrolysis) is 1. The van der Waals surface area contributed by atoms with Crippen LogP contribution in [0.3, 0.4) is 0 Å². The van der Waals surface area contributed by atoms with Crippen LogP contribution < -0.4 is 21.3 Å². The van der Waals surface area contributed by atoms with Gasteiger partial charge in [0.2, 0.25) is 17.7 Å². The van der Waals surface area contributed by atoms with E-state index in [4.69, 9.17) is 9.47 Å². The molecule has 1 aliphatic rings. The number of hydrogen-bond acceptors (Lipinski definition) is 8. The molecule has 204 valence electrons. The highest BCUT2D eigenvalue weighted by molar-refractivity contribution is 5.92. The summed E-state index contributed by atoms with van der Waals surface area (Å²) in [6.45, 7) is 9.15. The monoisotopic (exact) mass is 512 g/mol. The van der Waals surface area contributed by atoms with Gasteiger partial charge in [-0.25, -0.2) is 9.59 Å². The predicted octanol–water partition coefficient (Wildman–Crippen LogP) is 0.143. The fourth-order valence-electron chi connectivity index (χ4n) is 3.70. The molecule has 0 aromatic carbocycles. The lowest BCUT2D eigenvalue weighted by Crippen LogP contribution is -2.58. The van der Waals surface area contributed by atoms with Crippen molar-refractivity contribution in [3.63, 3.8) is 0 Å². The van der Waals surface area contributed by atoms with E-state index >= 15 is 0 Å². The van der Waals surface area contributed by atoms with E-state index in [0.717, 1.165) is 0 Å². The number of esters is 1. The van der Waals surface area contributed by atoms with Crippen molar-refractivity contribution in [2.75, 3.05) is 19.8 Å². The van der Waals surface area contributed by atoms with Crippen LogP contribution in [-0.2, 0) is 28.7 Å². The molecule has 1 saturated heterocycles. The Morgan fingerprint density at radius 1 is 1.06 bits per heavy atom. The molecule has 1 fully saturated rings. The maximum atomic E-state index is 13.2. The van der Waals surface area contributed by atoms with E-state index in [1.807, 2.05) is 13.8 Å². The smallest absolute Gasteiger partial charge is 0.407 e. The molecule has 0 aliphatic carbocycles. The molecule has 5 atom stereocenters. The second-order valence-electron chi connectivity index (χ2n) is 9.01. The Bertz CT molecular complexity index is 799. The number of aliphatic hydroxyl groups excluding tert-OH is 1. The fraction of sp³-hybridized carbons (Fsp3) is 0.708. The number of carbonyl (C=O) groups excluding carboxylic acids is 5. The van der Waals surface area contributed by atoms with Crippen LogP contribution in [0.2, 0.25) is 0 Å². The SMILES string of the molecule is CCOC(=O)/C=C/[C@H](C[C@@H]1CCNC1=O)NC(=O)[C@H](CC(C)C)NC(=O)[C@@H](NC(=O)OCC)C(C)O. The van der Waals surface area contributed by atoms with Gasteiger partial charge in [0.1, 0.15) is 12.1 Å². The minimum atomic E-state index is -1.34. The molecule has 0 radical (unpaired) electrons. The molecule has 1 rings (SSSR count). The van der Waals surface area contributed by atoms with Crippen molar-refractivity contribution in [3.05, 3.63) is 12.2 Å². The van der Waals surface area contributed by atoms with Gasteiger partial charge >= 0.3 is 12.1 Å². The van der Waals surface area contributed by atoms with E-state index in [0.29, 0.717) is 13.0 Å². The summed E-state index contributed by atoms with van der Waals surface area (Å²) in [6.07, 6.45) is 1.67. The first-order chi connectivity index (χ1) is 17.0. The third-order valence-electron chi connectivity index (χ3n) is 5.43. The molecule has 4 amide bonds. The quantitative estimate of drug-likeness (QED) is 0.162. The van der Waals surface area contributed by atoms with E-state index in [1.165, 1.54) is 19.1 Å². The Kier molecular flexibility index (Phi) is 13.5. The molecule has 0 aromatic heterocycles. The maximum absolute atomic E-state index is 13.2. The Morgan fingerprint density at radius 2 is 1.72 bits per heavy atom. The topological polar surface area (TPSA) is 172 Å². The summed E-state index contributed by atoms with van der Waals surface area (Å²) in [5.41, 5.74) is 0. The van der Waals surface area contributed by atoms with Crippen molar-refractivity contribution in [1.29, 1.82) is 0 Å². The molecule has 1 heterocycles. The molecule has 1 unspecified atom stereocenters. The van der Waals surface area contributed by atoms with Crippen LogP contribution in [0.25, 0.3) is 0 Å². The molecule has 12 heteroatoms. The van der Waals surface area contributed by atoms with Gasteiger partial charge in [-0.1, -0.05) is 19.9 Å². The minimum absolute atomic E-state index is 0.0122. The first kappa shape index (κ1) is 30.9. The van der Waals surface area contributed by atoms with E-state index in [-0.39, 0.29) is 43.8 Å². The van der Waals surface area contributed by atoms with Crippen molar-refractivity contribution in [2.45, 2.75) is 78.1 Å². The van der Waals surface area contributed by atoms with E-state index in [9.17, 15) is 29.1 Å². The minimum Gasteiger partial charge on any atom is -0.463 e. The number of nitrogens with one attached hydrogen (secondary N) is 4. The first-order valence-electron chi connectivity index (χ1n) is 12.3. The summed E-state index contributed by atoms with van der Waals surface area (Å²) < 4.78 is 9.68. The van der Waals surface area contributed by atoms with Crippen LogP contribution in [0.15, 0.2) is 12.2 Å². The predicted molar refractivity (Wildman–Crippen MR) is 130 cm³/mol. The van der Waals surface area contributed by atoms with Gasteiger partial charge in [0.15, 0.2) is 0 Å². The Balaban J connectivity index is 3.02. The van der Waals surface area contributed by atoms with Crippen LogP contribution in [-0.4, -0.2) is 78.9 Å². The van der Waals surface area contributed by atoms with Crippen molar-refractivity contribution in [2.24, 2.45) is 11.8 Å².